The second kappa shape index (κ2) is 9.37. The fraction of sp³-hybridized carbons (Fsp3) is 0.500. The Labute approximate surface area is 63.3 Å². The number of rotatable bonds is 2. The monoisotopic (exact) mass is 160 g/mol. The van der Waals surface area contributed by atoms with Gasteiger partial charge in [0.2, 0.25) is 0 Å². The summed E-state index contributed by atoms with van der Waals surface area (Å²) in [6.45, 7) is 3.52. The second-order valence-electron chi connectivity index (χ2n) is 0.766. The van der Waals surface area contributed by atoms with Gasteiger partial charge in [0.15, 0.2) is 0 Å². The first-order valence-corrected chi connectivity index (χ1v) is 2.71. The molecular formula is C4H9BrMg. The van der Waals surface area contributed by atoms with Crippen LogP contribution in [0, 0.1) is 0 Å². The van der Waals surface area contributed by atoms with E-state index in [4.69, 9.17) is 0 Å². The fourth-order valence-electron chi connectivity index (χ4n) is 0.0772. The first-order chi connectivity index (χ1) is 2.41. The predicted molar refractivity (Wildman–Crippen MR) is 37.2 cm³/mol. The zero-order valence-electron chi connectivity index (χ0n) is 3.08. The lowest BCUT2D eigenvalue weighted by atomic mass is 10.5. The summed E-state index contributed by atoms with van der Waals surface area (Å²) < 4.78 is 0. The highest BCUT2D eigenvalue weighted by atomic mass is 79.9. The van der Waals surface area contributed by atoms with Gasteiger partial charge in [0.1, 0.15) is 0 Å². The van der Waals surface area contributed by atoms with Gasteiger partial charge in [-0.1, -0.05) is 22.0 Å². The van der Waals surface area contributed by atoms with Crippen molar-refractivity contribution in [1.82, 2.24) is 0 Å². The average molecular weight is 161 g/mol. The smallest absolute Gasteiger partial charge is 0.103 e. The highest BCUT2D eigenvalue weighted by Crippen LogP contribution is 1.84. The van der Waals surface area contributed by atoms with Gasteiger partial charge >= 0.3 is 23.1 Å². The maximum Gasteiger partial charge on any atom is 0.316 e. The molecule has 0 bridgehead atoms. The molecule has 0 spiro atoms. The quantitative estimate of drug-likeness (QED) is 0.322. The second-order valence-corrected chi connectivity index (χ2v) is 1.56. The van der Waals surface area contributed by atoms with Gasteiger partial charge in [-0.2, -0.15) is 0 Å². The average Bonchev–Trinajstić information content (AvgIpc) is 1.41. The molecule has 6 heavy (non-hydrogen) atoms. The topological polar surface area (TPSA) is 0 Å². The molecular weight excluding hydrogens is 152 g/mol. The van der Waals surface area contributed by atoms with Gasteiger partial charge in [-0.05, 0) is 6.42 Å². The molecule has 0 aromatic carbocycles. The van der Waals surface area contributed by atoms with Crippen LogP contribution in [0.15, 0.2) is 12.7 Å². The summed E-state index contributed by atoms with van der Waals surface area (Å²) in [6, 6.07) is 0. The molecule has 0 aliphatic rings. The van der Waals surface area contributed by atoms with Crippen LogP contribution in [-0.4, -0.2) is 28.4 Å². The predicted octanol–water partition coefficient (Wildman–Crippen LogP) is 1.04. The van der Waals surface area contributed by atoms with Gasteiger partial charge in [0.25, 0.3) is 0 Å². The molecule has 0 heterocycles. The molecule has 0 radical (unpaired) electrons. The zero-order valence-corrected chi connectivity index (χ0v) is 4.66. The van der Waals surface area contributed by atoms with E-state index in [0.29, 0.717) is 0 Å². The summed E-state index contributed by atoms with van der Waals surface area (Å²) in [5, 5.41) is 1.04. The van der Waals surface area contributed by atoms with E-state index in [1.807, 2.05) is 6.08 Å². The van der Waals surface area contributed by atoms with E-state index in [9.17, 15) is 0 Å². The molecule has 0 rings (SSSR count). The van der Waals surface area contributed by atoms with E-state index in [1.54, 1.807) is 0 Å². The maximum absolute atomic E-state index is 3.52. The van der Waals surface area contributed by atoms with Crippen molar-refractivity contribution in [3.8, 4) is 0 Å². The number of alkyl halides is 1. The molecule has 0 aliphatic carbocycles. The van der Waals surface area contributed by atoms with E-state index < -0.39 is 0 Å². The lowest BCUT2D eigenvalue weighted by molar-refractivity contribution is 1.27. The van der Waals surface area contributed by atoms with E-state index in [2.05, 4.69) is 22.5 Å². The maximum atomic E-state index is 3.52. The SMILES string of the molecule is C=CCCBr.[MgH2]. The van der Waals surface area contributed by atoms with Crippen LogP contribution in [0.2, 0.25) is 0 Å². The van der Waals surface area contributed by atoms with Crippen LogP contribution in [-0.2, 0) is 0 Å². The third-order valence-electron chi connectivity index (χ3n) is 0.313. The van der Waals surface area contributed by atoms with Crippen LogP contribution in [0.1, 0.15) is 6.42 Å². The minimum Gasteiger partial charge on any atom is -0.103 e. The fourth-order valence-corrected chi connectivity index (χ4v) is 0.401. The molecule has 34 valence electrons. The van der Waals surface area contributed by atoms with Gasteiger partial charge in [0, 0.05) is 5.33 Å². The number of halogens is 1. The van der Waals surface area contributed by atoms with Crippen LogP contribution in [0.5, 0.6) is 0 Å². The van der Waals surface area contributed by atoms with Crippen molar-refractivity contribution in [3.05, 3.63) is 12.7 Å². The highest BCUT2D eigenvalue weighted by molar-refractivity contribution is 9.09. The van der Waals surface area contributed by atoms with Crippen molar-refractivity contribution in [2.24, 2.45) is 0 Å². The van der Waals surface area contributed by atoms with Gasteiger partial charge < -0.3 is 0 Å². The van der Waals surface area contributed by atoms with Gasteiger partial charge in [-0.15, -0.1) is 6.58 Å². The van der Waals surface area contributed by atoms with Crippen LogP contribution in [0.3, 0.4) is 0 Å². The van der Waals surface area contributed by atoms with Crippen molar-refractivity contribution >= 4 is 39.0 Å². The molecule has 2 heteroatoms. The summed E-state index contributed by atoms with van der Waals surface area (Å²) in [6.07, 6.45) is 2.95. The summed E-state index contributed by atoms with van der Waals surface area (Å²) in [5.74, 6) is 0. The van der Waals surface area contributed by atoms with Crippen molar-refractivity contribution < 1.29 is 0 Å². The minimum absolute atomic E-state index is 0. The molecule has 0 fully saturated rings. The molecule has 0 unspecified atom stereocenters. The molecule has 0 aliphatic heterocycles. The molecule has 0 saturated heterocycles. The molecule has 0 nitrogen and oxygen atoms in total. The Bertz CT molecular complexity index is 28.7. The Kier molecular flexibility index (Phi) is 15.7. The molecule has 0 aromatic heterocycles. The van der Waals surface area contributed by atoms with Crippen molar-refractivity contribution in [1.29, 1.82) is 0 Å². The third kappa shape index (κ3) is 8.88. The number of hydrogen-bond acceptors (Lipinski definition) is 0. The third-order valence-corrected chi connectivity index (χ3v) is 0.771. The van der Waals surface area contributed by atoms with Crippen LogP contribution >= 0.6 is 15.9 Å². The lowest BCUT2D eigenvalue weighted by Gasteiger charge is -1.71. The first kappa shape index (κ1) is 10.1. The largest absolute Gasteiger partial charge is 0.316 e. The number of allylic oxidation sites excluding steroid dienone is 1. The molecule has 0 saturated carbocycles. The first-order valence-electron chi connectivity index (χ1n) is 1.58. The standard InChI is InChI=1S/C4H7Br.Mg.2H/c1-2-3-4-5;;;/h2H,1,3-4H2;;;. The Morgan fingerprint density at radius 1 is 1.67 bits per heavy atom. The van der Waals surface area contributed by atoms with E-state index in [0.717, 1.165) is 11.8 Å². The van der Waals surface area contributed by atoms with E-state index in [-0.39, 0.29) is 23.1 Å². The minimum atomic E-state index is 0. The summed E-state index contributed by atoms with van der Waals surface area (Å²) in [4.78, 5) is 0. The summed E-state index contributed by atoms with van der Waals surface area (Å²) in [5.41, 5.74) is 0. The molecule has 0 atom stereocenters. The van der Waals surface area contributed by atoms with Crippen molar-refractivity contribution in [2.75, 3.05) is 5.33 Å². The lowest BCUT2D eigenvalue weighted by Crippen LogP contribution is -1.58. The van der Waals surface area contributed by atoms with Crippen molar-refractivity contribution in [3.63, 3.8) is 0 Å². The molecule has 0 N–H and O–H groups in total. The van der Waals surface area contributed by atoms with Crippen LogP contribution in [0.4, 0.5) is 0 Å². The summed E-state index contributed by atoms with van der Waals surface area (Å²) in [7, 11) is 0. The van der Waals surface area contributed by atoms with Gasteiger partial charge in [0.05, 0.1) is 0 Å². The summed E-state index contributed by atoms with van der Waals surface area (Å²) >= 11 is 3.24. The van der Waals surface area contributed by atoms with Crippen LogP contribution in [0.25, 0.3) is 0 Å². The van der Waals surface area contributed by atoms with Gasteiger partial charge in [-0.3, -0.25) is 0 Å². The molecule has 0 aromatic rings. The van der Waals surface area contributed by atoms with E-state index >= 15 is 0 Å². The molecule has 0 amide bonds. The Balaban J connectivity index is 0. The van der Waals surface area contributed by atoms with E-state index in [1.165, 1.54) is 0 Å². The zero-order chi connectivity index (χ0) is 4.12. The Morgan fingerprint density at radius 2 is 2.17 bits per heavy atom. The van der Waals surface area contributed by atoms with Crippen molar-refractivity contribution in [2.45, 2.75) is 6.42 Å². The van der Waals surface area contributed by atoms with Crippen LogP contribution < -0.4 is 0 Å². The van der Waals surface area contributed by atoms with Gasteiger partial charge in [-0.25, -0.2) is 0 Å². The Hall–Kier alpha value is 0.986. The Morgan fingerprint density at radius 3 is 2.17 bits per heavy atom. The highest BCUT2D eigenvalue weighted by Gasteiger charge is 1.63. The number of hydrogen-bond donors (Lipinski definition) is 0. The normalized spacial score (nSPS) is 6.17.